The molecule has 0 aromatic heterocycles. The summed E-state index contributed by atoms with van der Waals surface area (Å²) >= 11 is 0. The molecule has 1 saturated heterocycles. The van der Waals surface area contributed by atoms with Crippen LogP contribution < -0.4 is 11.1 Å². The first-order valence-electron chi connectivity index (χ1n) is 11.2. The first-order valence-corrected chi connectivity index (χ1v) is 11.2. The second-order valence-corrected chi connectivity index (χ2v) is 9.94. The minimum absolute atomic E-state index is 0.0151. The highest BCUT2D eigenvalue weighted by Gasteiger charge is 2.58. The zero-order chi connectivity index (χ0) is 21.8. The smallest absolute Gasteiger partial charge is 0.250 e. The third-order valence-electron chi connectivity index (χ3n) is 7.99. The fourth-order valence-corrected chi connectivity index (χ4v) is 6.73. The highest BCUT2D eigenvalue weighted by atomic mass is 19.1. The maximum absolute atomic E-state index is 14.0. The second kappa shape index (κ2) is 7.81. The fraction of sp³-hybridized carbons (Fsp3) is 0.652. The lowest BCUT2D eigenvalue weighted by atomic mass is 9.47. The molecule has 8 heteroatoms. The molecule has 2 amide bonds. The molecule has 6 nitrogen and oxygen atoms in total. The van der Waals surface area contributed by atoms with Gasteiger partial charge < -0.3 is 15.8 Å². The summed E-state index contributed by atoms with van der Waals surface area (Å²) in [6.07, 6.45) is 3.78. The van der Waals surface area contributed by atoms with E-state index in [4.69, 9.17) is 10.5 Å². The standard InChI is InChI=1S/C23H29F2N3O3/c24-17-2-1-3-18(25)16(17)11-28-4-5-31-19(12-28)21(29)27-20-14-6-13-7-15(20)10-23(8-13,9-14)22(26)30/h1-3,13-15,19-20H,4-12H2,(H2,26,30)(H,27,29)/t13?,14?,15?,19-,20?,23?/m1/s1. The Labute approximate surface area is 180 Å². The van der Waals surface area contributed by atoms with Crippen molar-refractivity contribution in [3.63, 3.8) is 0 Å². The Kier molecular flexibility index (Phi) is 5.25. The van der Waals surface area contributed by atoms with Crippen molar-refractivity contribution in [3.8, 4) is 0 Å². The monoisotopic (exact) mass is 433 g/mol. The van der Waals surface area contributed by atoms with E-state index in [9.17, 15) is 18.4 Å². The van der Waals surface area contributed by atoms with Gasteiger partial charge in [0.05, 0.1) is 6.61 Å². The van der Waals surface area contributed by atoms with E-state index >= 15 is 0 Å². The van der Waals surface area contributed by atoms with Gasteiger partial charge in [0, 0.05) is 36.7 Å². The normalized spacial score (nSPS) is 37.0. The van der Waals surface area contributed by atoms with E-state index in [0.29, 0.717) is 19.1 Å². The largest absolute Gasteiger partial charge is 0.369 e. The summed E-state index contributed by atoms with van der Waals surface area (Å²) < 4.78 is 33.7. The van der Waals surface area contributed by atoms with Gasteiger partial charge >= 0.3 is 0 Å². The molecule has 1 aromatic carbocycles. The number of carbonyl (C=O) groups is 2. The number of primary amides is 1. The summed E-state index contributed by atoms with van der Waals surface area (Å²) in [5.41, 5.74) is 5.38. The van der Waals surface area contributed by atoms with Crippen LogP contribution in [0.25, 0.3) is 0 Å². The number of amides is 2. The Hall–Kier alpha value is -2.06. The highest BCUT2D eigenvalue weighted by Crippen LogP contribution is 2.59. The van der Waals surface area contributed by atoms with Gasteiger partial charge in [-0.1, -0.05) is 6.07 Å². The van der Waals surface area contributed by atoms with Gasteiger partial charge in [0.2, 0.25) is 5.91 Å². The van der Waals surface area contributed by atoms with Crippen LogP contribution in [0.4, 0.5) is 8.78 Å². The highest BCUT2D eigenvalue weighted by molar-refractivity contribution is 5.83. The molecule has 31 heavy (non-hydrogen) atoms. The van der Waals surface area contributed by atoms with Crippen molar-refractivity contribution in [3.05, 3.63) is 35.4 Å². The van der Waals surface area contributed by atoms with Crippen molar-refractivity contribution >= 4 is 11.8 Å². The zero-order valence-electron chi connectivity index (χ0n) is 17.5. The molecule has 6 rings (SSSR count). The number of nitrogens with two attached hydrogens (primary N) is 1. The number of nitrogens with zero attached hydrogens (tertiary/aromatic N) is 1. The quantitative estimate of drug-likeness (QED) is 0.744. The maximum Gasteiger partial charge on any atom is 0.250 e. The Morgan fingerprint density at radius 2 is 1.84 bits per heavy atom. The van der Waals surface area contributed by atoms with E-state index in [0.717, 1.165) is 32.1 Å². The molecular formula is C23H29F2N3O3. The minimum atomic E-state index is -0.675. The first kappa shape index (κ1) is 20.8. The van der Waals surface area contributed by atoms with Crippen molar-refractivity contribution in [2.75, 3.05) is 19.7 Å². The molecule has 1 aromatic rings. The number of hydrogen-bond donors (Lipinski definition) is 2. The van der Waals surface area contributed by atoms with Crippen LogP contribution in [0.5, 0.6) is 0 Å². The van der Waals surface area contributed by atoms with Crippen LogP contribution in [0.1, 0.15) is 37.7 Å². The maximum atomic E-state index is 14.0. The average Bonchev–Trinajstić information content (AvgIpc) is 2.73. The lowest BCUT2D eigenvalue weighted by molar-refractivity contribution is -0.151. The Morgan fingerprint density at radius 1 is 1.16 bits per heavy atom. The number of carbonyl (C=O) groups excluding carboxylic acids is 2. The van der Waals surface area contributed by atoms with E-state index in [1.165, 1.54) is 18.2 Å². The number of nitrogens with one attached hydrogen (secondary N) is 1. The molecule has 5 aliphatic rings. The molecule has 3 N–H and O–H groups in total. The number of morpholine rings is 1. The third-order valence-corrected chi connectivity index (χ3v) is 7.99. The number of ether oxygens (including phenoxy) is 1. The molecule has 168 valence electrons. The van der Waals surface area contributed by atoms with Crippen LogP contribution >= 0.6 is 0 Å². The molecule has 5 fully saturated rings. The Morgan fingerprint density at radius 3 is 2.48 bits per heavy atom. The fourth-order valence-electron chi connectivity index (χ4n) is 6.73. The van der Waals surface area contributed by atoms with Gasteiger partial charge in [0.25, 0.3) is 5.91 Å². The summed E-state index contributed by atoms with van der Waals surface area (Å²) in [6, 6.07) is 3.87. The van der Waals surface area contributed by atoms with Crippen molar-refractivity contribution in [2.45, 2.75) is 50.8 Å². The molecule has 4 aliphatic carbocycles. The van der Waals surface area contributed by atoms with Gasteiger partial charge in [-0.15, -0.1) is 0 Å². The van der Waals surface area contributed by atoms with E-state index in [1.54, 1.807) is 0 Å². The molecule has 4 bridgehead atoms. The van der Waals surface area contributed by atoms with Crippen molar-refractivity contribution in [1.82, 2.24) is 10.2 Å². The van der Waals surface area contributed by atoms with Gasteiger partial charge in [-0.3, -0.25) is 14.5 Å². The Bertz CT molecular complexity index is 859. The lowest BCUT2D eigenvalue weighted by Gasteiger charge is -2.59. The summed E-state index contributed by atoms with van der Waals surface area (Å²) in [5.74, 6) is -0.457. The van der Waals surface area contributed by atoms with E-state index < -0.39 is 17.7 Å². The van der Waals surface area contributed by atoms with Gasteiger partial charge in [-0.25, -0.2) is 8.78 Å². The molecule has 1 heterocycles. The number of hydrogen-bond acceptors (Lipinski definition) is 4. The molecule has 0 radical (unpaired) electrons. The van der Waals surface area contributed by atoms with Crippen LogP contribution in [0.15, 0.2) is 18.2 Å². The number of rotatable bonds is 5. The molecule has 4 saturated carbocycles. The van der Waals surface area contributed by atoms with Crippen LogP contribution in [0.2, 0.25) is 0 Å². The molecule has 1 aliphatic heterocycles. The van der Waals surface area contributed by atoms with Gasteiger partial charge in [0.1, 0.15) is 17.7 Å². The predicted octanol–water partition coefficient (Wildman–Crippen LogP) is 1.96. The number of halogens is 2. The summed E-state index contributed by atoms with van der Waals surface area (Å²) in [6.45, 7) is 1.23. The number of benzene rings is 1. The van der Waals surface area contributed by atoms with Crippen molar-refractivity contribution in [2.24, 2.45) is 28.9 Å². The van der Waals surface area contributed by atoms with Gasteiger partial charge in [0.15, 0.2) is 0 Å². The predicted molar refractivity (Wildman–Crippen MR) is 108 cm³/mol. The van der Waals surface area contributed by atoms with Crippen molar-refractivity contribution in [1.29, 1.82) is 0 Å². The van der Waals surface area contributed by atoms with Crippen LogP contribution in [-0.4, -0.2) is 48.6 Å². The Balaban J connectivity index is 1.23. The summed E-state index contributed by atoms with van der Waals surface area (Å²) in [5, 5.41) is 3.20. The van der Waals surface area contributed by atoms with Gasteiger partial charge in [-0.05, 0) is 62.0 Å². The van der Waals surface area contributed by atoms with Crippen LogP contribution in [0.3, 0.4) is 0 Å². The van der Waals surface area contributed by atoms with E-state index in [2.05, 4.69) is 5.32 Å². The topological polar surface area (TPSA) is 84.7 Å². The zero-order valence-corrected chi connectivity index (χ0v) is 17.5. The SMILES string of the molecule is NC(=O)C12CC3CC(C1)C(NC(=O)[C@H]1CN(Cc4c(F)cccc4F)CCO1)C(C3)C2. The average molecular weight is 433 g/mol. The molecule has 0 spiro atoms. The minimum Gasteiger partial charge on any atom is -0.369 e. The molecular weight excluding hydrogens is 404 g/mol. The lowest BCUT2D eigenvalue weighted by Crippen LogP contribution is -2.63. The van der Waals surface area contributed by atoms with Crippen LogP contribution in [-0.2, 0) is 20.9 Å². The molecule has 2 unspecified atom stereocenters. The molecule has 3 atom stereocenters. The van der Waals surface area contributed by atoms with Gasteiger partial charge in [-0.2, -0.15) is 0 Å². The first-order chi connectivity index (χ1) is 14.8. The van der Waals surface area contributed by atoms with Crippen molar-refractivity contribution < 1.29 is 23.1 Å². The summed E-state index contributed by atoms with van der Waals surface area (Å²) in [7, 11) is 0. The second-order valence-electron chi connectivity index (χ2n) is 9.94. The van der Waals surface area contributed by atoms with E-state index in [1.807, 2.05) is 4.90 Å². The van der Waals surface area contributed by atoms with E-state index in [-0.39, 0.29) is 53.8 Å². The summed E-state index contributed by atoms with van der Waals surface area (Å²) in [4.78, 5) is 27.0. The van der Waals surface area contributed by atoms with Crippen LogP contribution in [0, 0.1) is 34.8 Å². The third kappa shape index (κ3) is 3.74.